The van der Waals surface area contributed by atoms with Crippen molar-refractivity contribution >= 4 is 29.5 Å². The molecule has 0 aromatic rings. The summed E-state index contributed by atoms with van der Waals surface area (Å²) in [5, 5.41) is 329. The van der Waals surface area contributed by atoms with Gasteiger partial charge in [0, 0.05) is 34.6 Å². The Balaban J connectivity index is 0.954. The Labute approximate surface area is 765 Å². The number of amides is 5. The fourth-order valence-electron chi connectivity index (χ4n) is 17.6. The van der Waals surface area contributed by atoms with E-state index in [1.807, 2.05) is 0 Å². The zero-order chi connectivity index (χ0) is 99.4. The van der Waals surface area contributed by atoms with Gasteiger partial charge < -0.3 is 269 Å². The summed E-state index contributed by atoms with van der Waals surface area (Å²) in [5.41, 5.74) is 0. The van der Waals surface area contributed by atoms with Gasteiger partial charge in [-0.05, 0) is 13.8 Å². The van der Waals surface area contributed by atoms with Crippen molar-refractivity contribution in [3.63, 3.8) is 0 Å². The summed E-state index contributed by atoms with van der Waals surface area (Å²) in [6, 6.07) is -9.61. The number of rotatable bonds is 34. The monoisotopic (exact) mass is 1970 g/mol. The quantitative estimate of drug-likeness (QED) is 0.0284. The van der Waals surface area contributed by atoms with Gasteiger partial charge in [0.2, 0.25) is 29.5 Å². The molecule has 11 saturated heterocycles. The number of ether oxygens (including phenoxy) is 21. The molecule has 11 aliphatic rings. The fraction of sp³-hybridized carbons (Fsp3) is 0.934. The molecule has 11 heterocycles. The lowest BCUT2D eigenvalue weighted by Gasteiger charge is -2.52. The normalized spacial score (nSPS) is 49.5. The van der Waals surface area contributed by atoms with Crippen LogP contribution in [0.1, 0.15) is 48.5 Å². The summed E-state index contributed by atoms with van der Waals surface area (Å²) in [5.74, 6) is -4.72. The van der Waals surface area contributed by atoms with Crippen LogP contribution >= 0.6 is 0 Å². The van der Waals surface area contributed by atoms with Crippen LogP contribution in [-0.4, -0.2) is 569 Å². The van der Waals surface area contributed by atoms with Crippen LogP contribution in [0.2, 0.25) is 0 Å². The van der Waals surface area contributed by atoms with Crippen molar-refractivity contribution in [2.75, 3.05) is 59.5 Å². The highest BCUT2D eigenvalue weighted by atomic mass is 16.8. The third-order valence-electron chi connectivity index (χ3n) is 24.9. The van der Waals surface area contributed by atoms with E-state index in [4.69, 9.17) is 99.5 Å². The lowest BCUT2D eigenvalue weighted by molar-refractivity contribution is -0.403. The van der Waals surface area contributed by atoms with Crippen LogP contribution < -0.4 is 26.6 Å². The summed E-state index contributed by atoms with van der Waals surface area (Å²) < 4.78 is 127. The number of carbonyl (C=O) groups is 5. The minimum absolute atomic E-state index is 0.822. The predicted molar refractivity (Wildman–Crippen MR) is 417 cm³/mol. The van der Waals surface area contributed by atoms with Gasteiger partial charge in [0.25, 0.3) is 0 Å². The molecule has 0 saturated carbocycles. The maximum absolute atomic E-state index is 13.6. The number of hydrogen-bond acceptors (Lipinski definition) is 54. The van der Waals surface area contributed by atoms with Crippen molar-refractivity contribution in [3.8, 4) is 0 Å². The topological polar surface area (TPSA) is 906 Å². The molecule has 11 fully saturated rings. The van der Waals surface area contributed by atoms with Gasteiger partial charge in [-0.15, -0.1) is 0 Å². The number of carbonyl (C=O) groups excluding carboxylic acids is 5. The Kier molecular flexibility index (Phi) is 39.5. The van der Waals surface area contributed by atoms with Crippen molar-refractivity contribution in [1.29, 1.82) is 0 Å². The first-order chi connectivity index (χ1) is 63.8. The molecule has 59 nitrogen and oxygen atoms in total. The summed E-state index contributed by atoms with van der Waals surface area (Å²) in [7, 11) is 0. The van der Waals surface area contributed by atoms with Gasteiger partial charge >= 0.3 is 0 Å². The van der Waals surface area contributed by atoms with E-state index >= 15 is 0 Å². The second-order valence-electron chi connectivity index (χ2n) is 34.5. The third-order valence-corrected chi connectivity index (χ3v) is 24.9. The molecule has 11 aliphatic heterocycles. The van der Waals surface area contributed by atoms with Crippen molar-refractivity contribution < 1.29 is 266 Å². The molecule has 0 bridgehead atoms. The molecular formula is C76H127N5O54. The highest BCUT2D eigenvalue weighted by molar-refractivity contribution is 5.75. The van der Waals surface area contributed by atoms with Gasteiger partial charge in [-0.25, -0.2) is 0 Å². The molecule has 0 aromatic carbocycles. The van der Waals surface area contributed by atoms with Crippen molar-refractivity contribution in [1.82, 2.24) is 26.6 Å². The number of aliphatic hydroxyl groups is 28. The van der Waals surface area contributed by atoms with Crippen LogP contribution in [0, 0.1) is 0 Å². The standard InChI is InChI=1S/C76H127N5O54/c1-17-38(94)49(105)54(110)71(117-17)115-16-32-60(46(102)33(66(114)119-32)77-19(3)89)129-68-35(79-21(5)91)48(104)59(29(13-87)124-68)130-74-57(113)63(44(100)31(127-74)15-116-75-64(52(108)42(98)26(10-84)122-75)134-69-36(80-22(6)92)47(103)58(28(12-86)125-69)128-67-34(78-20(4)90)45(101)40(96)24(8-82)120-67)133-76-65(53(109)43(99)27(11-85)123-76)135-70-37(81-23(7)93)62(132-72-55(111)50(106)39(95)18(2)118-72)61(30(14-88)126-70)131-73-56(112)51(107)41(97)25(9-83)121-73/h17-18,24-76,82-88,94-114H,8-16H2,1-7H3,(H,77,89)(H,78,90)(H,79,91)(H,80,92)(H,81,93)/t17-,18-,24+,25+,26+,27+,28+,29+,30+,31+,32+,33+,34+,35+,36+,37+,38+,39+,40-,41-,42+,43+,44+,45+,46+,47+,48+,49+,50+,51-,52-,53-,54-,55-,56+,57-,58+,59+,60+,61+,62+,63-,64-,65-,66+,67-,68-,69-,70-,71+,72-,73-,74-,75-,76+/m0/s1. The van der Waals surface area contributed by atoms with E-state index in [9.17, 15) is 167 Å². The number of aliphatic hydroxyl groups excluding tert-OH is 28. The molecule has 0 aliphatic carbocycles. The van der Waals surface area contributed by atoms with E-state index in [0.29, 0.717) is 0 Å². The molecule has 33 N–H and O–H groups in total. The Morgan fingerprint density at radius 2 is 0.481 bits per heavy atom. The maximum atomic E-state index is 13.6. The Hall–Kier alpha value is -4.61. The molecule has 0 aromatic heterocycles. The molecule has 135 heavy (non-hydrogen) atoms. The highest BCUT2D eigenvalue weighted by Crippen LogP contribution is 2.42. The maximum Gasteiger partial charge on any atom is 0.217 e. The van der Waals surface area contributed by atoms with Gasteiger partial charge in [0.1, 0.15) is 256 Å². The van der Waals surface area contributed by atoms with Crippen LogP contribution in [0.15, 0.2) is 0 Å². The minimum Gasteiger partial charge on any atom is -0.394 e. The summed E-state index contributed by atoms with van der Waals surface area (Å²) >= 11 is 0. The molecule has 0 spiro atoms. The Morgan fingerprint density at radius 3 is 0.941 bits per heavy atom. The minimum atomic E-state index is -2.70. The van der Waals surface area contributed by atoms with E-state index in [1.165, 1.54) is 13.8 Å². The molecule has 55 atom stereocenters. The van der Waals surface area contributed by atoms with Crippen LogP contribution in [0.5, 0.6) is 0 Å². The van der Waals surface area contributed by atoms with E-state index < -0.39 is 426 Å². The first-order valence-corrected chi connectivity index (χ1v) is 43.4. The SMILES string of the molecule is CC(=O)N[C@@H]1[C@@H](O)[C@H](O[C@@H]2O[C@H](CO)[C@@H](O[C@@H]3O[C@H](CO[C@H]4O[C@H](CO)[C@@H](O)[C@H](O)[C@@H]4O[C@@H]4O[C@H](CO)[C@@H](O[C@@H]5O[C@H](CO)[C@H](O)[C@H](O)[C@H]5NC(C)=O)[C@H](O)[C@H]4NC(C)=O)[C@@H](O)[C@H](O[C@H]4O[C@H](CO)[C@@H](O)[C@H](O)[C@@H]4O[C@@H]4O[C@H](CO)[C@@H](O[C@@H]5O[C@H](CO)[C@H](O)[C@H](O)[C@H]5O)[C@H](O[C@@H]5O[C@@H](C)[C@@H](O)[C@@H](O)[C@@H]5O)[C@H]4NC(C)=O)[C@@H]3O)[C@H](O)[C@H]2NC(C)=O)[C@@H](CO[C@@H]2O[C@@H](C)[C@@H](O)[C@@H](O)[C@@H]2O)O[C@H]1O. The second kappa shape index (κ2) is 48.2. The molecule has 5 amide bonds. The van der Waals surface area contributed by atoms with E-state index in [1.54, 1.807) is 0 Å². The fourth-order valence-corrected chi connectivity index (χ4v) is 17.6. The average Bonchev–Trinajstić information content (AvgIpc) is 0.758. The van der Waals surface area contributed by atoms with Crippen LogP contribution in [0.3, 0.4) is 0 Å². The first kappa shape index (κ1) is 111. The van der Waals surface area contributed by atoms with Crippen molar-refractivity contribution in [2.24, 2.45) is 0 Å². The lowest BCUT2D eigenvalue weighted by atomic mass is 9.93. The zero-order valence-electron chi connectivity index (χ0n) is 73.3. The summed E-state index contributed by atoms with van der Waals surface area (Å²) in [4.78, 5) is 65.1. The van der Waals surface area contributed by atoms with Gasteiger partial charge in [0.05, 0.1) is 71.7 Å². The van der Waals surface area contributed by atoms with Crippen LogP contribution in [0.4, 0.5) is 0 Å². The van der Waals surface area contributed by atoms with Crippen LogP contribution in [-0.2, 0) is 123 Å². The molecule has 11 rings (SSSR count). The number of hydrogen-bond donors (Lipinski definition) is 33. The van der Waals surface area contributed by atoms with Gasteiger partial charge in [0.15, 0.2) is 69.2 Å². The van der Waals surface area contributed by atoms with Gasteiger partial charge in [-0.3, -0.25) is 24.0 Å². The van der Waals surface area contributed by atoms with E-state index in [2.05, 4.69) is 26.6 Å². The third kappa shape index (κ3) is 24.7. The highest BCUT2D eigenvalue weighted by Gasteiger charge is 2.63. The lowest BCUT2D eigenvalue weighted by Crippen LogP contribution is -2.71. The predicted octanol–water partition coefficient (Wildman–Crippen LogP) is -22.2. The number of nitrogens with one attached hydrogen (secondary N) is 5. The largest absolute Gasteiger partial charge is 0.394 e. The Bertz CT molecular complexity index is 3750. The van der Waals surface area contributed by atoms with Crippen molar-refractivity contribution in [2.45, 2.75) is 386 Å². The summed E-state index contributed by atoms with van der Waals surface area (Å²) in [6.45, 7) is -3.10. The summed E-state index contributed by atoms with van der Waals surface area (Å²) in [6.07, 6.45) is -105. The van der Waals surface area contributed by atoms with Gasteiger partial charge in [-0.1, -0.05) is 0 Å². The van der Waals surface area contributed by atoms with E-state index in [0.717, 1.165) is 34.6 Å². The van der Waals surface area contributed by atoms with Gasteiger partial charge in [-0.2, -0.15) is 0 Å². The van der Waals surface area contributed by atoms with Crippen molar-refractivity contribution in [3.05, 3.63) is 0 Å². The molecule has 0 unspecified atom stereocenters. The molecule has 59 heteroatoms. The first-order valence-electron chi connectivity index (χ1n) is 43.4. The Morgan fingerprint density at radius 1 is 0.207 bits per heavy atom. The average molecular weight is 1970 g/mol. The van der Waals surface area contributed by atoms with E-state index in [-0.39, 0.29) is 0 Å². The zero-order valence-corrected chi connectivity index (χ0v) is 73.3. The molecule has 0 radical (unpaired) electrons. The smallest absolute Gasteiger partial charge is 0.217 e. The second-order valence-corrected chi connectivity index (χ2v) is 34.5. The molecular weight excluding hydrogens is 1850 g/mol. The molecule has 780 valence electrons. The van der Waals surface area contributed by atoms with Crippen LogP contribution in [0.25, 0.3) is 0 Å².